The first-order valence-electron chi connectivity index (χ1n) is 7.86. The molecular formula is C18H26N2. The van der Waals surface area contributed by atoms with Crippen LogP contribution in [0.25, 0.3) is 10.9 Å². The van der Waals surface area contributed by atoms with Gasteiger partial charge < -0.3 is 5.32 Å². The van der Waals surface area contributed by atoms with E-state index in [9.17, 15) is 0 Å². The number of fused-ring (bicyclic) bond motifs is 1. The van der Waals surface area contributed by atoms with Gasteiger partial charge >= 0.3 is 0 Å². The smallest absolute Gasteiger partial charge is 0.0708 e. The van der Waals surface area contributed by atoms with Crippen LogP contribution in [0, 0.1) is 6.92 Å². The molecule has 0 fully saturated rings. The molecule has 2 rings (SSSR count). The standard InChI is InChI=1S/C18H26N2/c1-4-6-10-17(19-12-5-2)18-13-14(3)15-9-7-8-11-16(15)20-18/h7-9,11,13,17,19H,4-6,10,12H2,1-3H3. The minimum absolute atomic E-state index is 0.387. The van der Waals surface area contributed by atoms with E-state index in [0.717, 1.165) is 18.5 Å². The summed E-state index contributed by atoms with van der Waals surface area (Å²) in [7, 11) is 0. The van der Waals surface area contributed by atoms with Gasteiger partial charge in [-0.2, -0.15) is 0 Å². The molecule has 0 aliphatic rings. The Kier molecular flexibility index (Phi) is 5.54. The van der Waals surface area contributed by atoms with Crippen molar-refractivity contribution in [3.05, 3.63) is 41.6 Å². The maximum atomic E-state index is 4.88. The Balaban J connectivity index is 2.31. The average Bonchev–Trinajstić information content (AvgIpc) is 2.47. The van der Waals surface area contributed by atoms with Crippen molar-refractivity contribution in [1.82, 2.24) is 10.3 Å². The topological polar surface area (TPSA) is 24.9 Å². The molecule has 1 heterocycles. The summed E-state index contributed by atoms with van der Waals surface area (Å²) in [6.07, 6.45) is 4.81. The molecule has 0 bridgehead atoms. The van der Waals surface area contributed by atoms with Crippen LogP contribution in [0.2, 0.25) is 0 Å². The first-order chi connectivity index (χ1) is 9.76. The van der Waals surface area contributed by atoms with Gasteiger partial charge in [0.25, 0.3) is 0 Å². The van der Waals surface area contributed by atoms with Crippen LogP contribution in [0.3, 0.4) is 0 Å². The number of unbranched alkanes of at least 4 members (excludes halogenated alkanes) is 1. The van der Waals surface area contributed by atoms with Crippen molar-refractivity contribution in [2.75, 3.05) is 6.54 Å². The number of pyridine rings is 1. The molecule has 1 N–H and O–H groups in total. The summed E-state index contributed by atoms with van der Waals surface area (Å²) in [5.41, 5.74) is 3.63. The number of rotatable bonds is 7. The van der Waals surface area contributed by atoms with E-state index in [2.05, 4.69) is 56.4 Å². The summed E-state index contributed by atoms with van der Waals surface area (Å²) in [6, 6.07) is 11.1. The number of hydrogen-bond acceptors (Lipinski definition) is 2. The Morgan fingerprint density at radius 3 is 2.70 bits per heavy atom. The fourth-order valence-electron chi connectivity index (χ4n) is 2.64. The van der Waals surface area contributed by atoms with Gasteiger partial charge in [0.05, 0.1) is 11.2 Å². The molecule has 1 aromatic carbocycles. The monoisotopic (exact) mass is 270 g/mol. The van der Waals surface area contributed by atoms with Crippen molar-refractivity contribution in [3.8, 4) is 0 Å². The molecular weight excluding hydrogens is 244 g/mol. The third-order valence-electron chi connectivity index (χ3n) is 3.79. The van der Waals surface area contributed by atoms with E-state index >= 15 is 0 Å². The molecule has 2 nitrogen and oxygen atoms in total. The molecule has 0 aliphatic carbocycles. The molecule has 1 unspecified atom stereocenters. The van der Waals surface area contributed by atoms with Crippen LogP contribution in [-0.4, -0.2) is 11.5 Å². The quantitative estimate of drug-likeness (QED) is 0.783. The lowest BCUT2D eigenvalue weighted by atomic mass is 10.0. The van der Waals surface area contributed by atoms with E-state index < -0.39 is 0 Å². The number of aromatic nitrogens is 1. The first-order valence-corrected chi connectivity index (χ1v) is 7.86. The Morgan fingerprint density at radius 1 is 1.15 bits per heavy atom. The van der Waals surface area contributed by atoms with Crippen molar-refractivity contribution in [2.24, 2.45) is 0 Å². The molecule has 0 saturated heterocycles. The van der Waals surface area contributed by atoms with Crippen LogP contribution in [0.1, 0.15) is 56.8 Å². The van der Waals surface area contributed by atoms with E-state index in [0.29, 0.717) is 6.04 Å². The second kappa shape index (κ2) is 7.39. The predicted octanol–water partition coefficient (Wildman–Crippen LogP) is 4.77. The molecule has 0 amide bonds. The lowest BCUT2D eigenvalue weighted by Crippen LogP contribution is -2.23. The van der Waals surface area contributed by atoms with Crippen molar-refractivity contribution in [3.63, 3.8) is 0 Å². The molecule has 108 valence electrons. The maximum Gasteiger partial charge on any atom is 0.0708 e. The Morgan fingerprint density at radius 2 is 1.95 bits per heavy atom. The van der Waals surface area contributed by atoms with Crippen molar-refractivity contribution in [2.45, 2.75) is 52.5 Å². The van der Waals surface area contributed by atoms with Gasteiger partial charge in [-0.05, 0) is 44.0 Å². The minimum Gasteiger partial charge on any atom is -0.309 e. The summed E-state index contributed by atoms with van der Waals surface area (Å²) in [4.78, 5) is 4.88. The Labute approximate surface area is 122 Å². The number of para-hydroxylation sites is 1. The van der Waals surface area contributed by atoms with E-state index in [4.69, 9.17) is 4.98 Å². The van der Waals surface area contributed by atoms with Gasteiger partial charge in [0.15, 0.2) is 0 Å². The van der Waals surface area contributed by atoms with Crippen LogP contribution in [0.4, 0.5) is 0 Å². The first kappa shape index (κ1) is 15.0. The number of hydrogen-bond donors (Lipinski definition) is 1. The molecule has 0 radical (unpaired) electrons. The van der Waals surface area contributed by atoms with Gasteiger partial charge in [0.1, 0.15) is 0 Å². The highest BCUT2D eigenvalue weighted by Gasteiger charge is 2.13. The Hall–Kier alpha value is -1.41. The molecule has 20 heavy (non-hydrogen) atoms. The van der Waals surface area contributed by atoms with Crippen LogP contribution in [-0.2, 0) is 0 Å². The van der Waals surface area contributed by atoms with Gasteiger partial charge in [-0.15, -0.1) is 0 Å². The Bertz CT molecular complexity index is 540. The molecule has 0 aliphatic heterocycles. The van der Waals surface area contributed by atoms with Gasteiger partial charge in [-0.1, -0.05) is 44.9 Å². The zero-order valence-corrected chi connectivity index (χ0v) is 12.9. The molecule has 1 aromatic heterocycles. The van der Waals surface area contributed by atoms with Crippen LogP contribution < -0.4 is 5.32 Å². The molecule has 0 saturated carbocycles. The zero-order chi connectivity index (χ0) is 14.4. The summed E-state index contributed by atoms with van der Waals surface area (Å²) < 4.78 is 0. The summed E-state index contributed by atoms with van der Waals surface area (Å²) in [6.45, 7) is 7.70. The summed E-state index contributed by atoms with van der Waals surface area (Å²) >= 11 is 0. The van der Waals surface area contributed by atoms with Crippen LogP contribution in [0.15, 0.2) is 30.3 Å². The maximum absolute atomic E-state index is 4.88. The van der Waals surface area contributed by atoms with Gasteiger partial charge in [0.2, 0.25) is 0 Å². The van der Waals surface area contributed by atoms with Crippen LogP contribution >= 0.6 is 0 Å². The molecule has 2 heteroatoms. The third-order valence-corrected chi connectivity index (χ3v) is 3.79. The molecule has 1 atom stereocenters. The SMILES string of the molecule is CCCCC(NCCC)c1cc(C)c2ccccc2n1. The van der Waals surface area contributed by atoms with E-state index in [-0.39, 0.29) is 0 Å². The summed E-state index contributed by atoms with van der Waals surface area (Å²) in [5, 5.41) is 4.91. The van der Waals surface area contributed by atoms with Gasteiger partial charge in [-0.25, -0.2) is 0 Å². The van der Waals surface area contributed by atoms with E-state index in [1.807, 2.05) is 0 Å². The number of nitrogens with one attached hydrogen (secondary N) is 1. The number of nitrogens with zero attached hydrogens (tertiary/aromatic N) is 1. The van der Waals surface area contributed by atoms with Crippen molar-refractivity contribution >= 4 is 10.9 Å². The second-order valence-electron chi connectivity index (χ2n) is 5.53. The van der Waals surface area contributed by atoms with Gasteiger partial charge in [0, 0.05) is 11.4 Å². The van der Waals surface area contributed by atoms with Crippen molar-refractivity contribution < 1.29 is 0 Å². The predicted molar refractivity (Wildman–Crippen MR) is 87.0 cm³/mol. The zero-order valence-electron chi connectivity index (χ0n) is 12.9. The highest BCUT2D eigenvalue weighted by atomic mass is 14.9. The lowest BCUT2D eigenvalue weighted by Gasteiger charge is -2.19. The highest BCUT2D eigenvalue weighted by Crippen LogP contribution is 2.23. The average molecular weight is 270 g/mol. The number of benzene rings is 1. The van der Waals surface area contributed by atoms with Crippen LogP contribution in [0.5, 0.6) is 0 Å². The second-order valence-corrected chi connectivity index (χ2v) is 5.53. The van der Waals surface area contributed by atoms with E-state index in [1.165, 1.54) is 35.9 Å². The normalized spacial score (nSPS) is 12.8. The van der Waals surface area contributed by atoms with E-state index in [1.54, 1.807) is 0 Å². The third kappa shape index (κ3) is 3.57. The fourth-order valence-corrected chi connectivity index (χ4v) is 2.64. The van der Waals surface area contributed by atoms with Gasteiger partial charge in [-0.3, -0.25) is 4.98 Å². The number of aryl methyl sites for hydroxylation is 1. The fraction of sp³-hybridized carbons (Fsp3) is 0.500. The molecule has 2 aromatic rings. The molecule has 0 spiro atoms. The summed E-state index contributed by atoms with van der Waals surface area (Å²) in [5.74, 6) is 0. The van der Waals surface area contributed by atoms with Crippen molar-refractivity contribution in [1.29, 1.82) is 0 Å². The highest BCUT2D eigenvalue weighted by molar-refractivity contribution is 5.82. The minimum atomic E-state index is 0.387. The largest absolute Gasteiger partial charge is 0.309 e. The lowest BCUT2D eigenvalue weighted by molar-refractivity contribution is 0.473.